The minimum atomic E-state index is -0.579. The van der Waals surface area contributed by atoms with Crippen LogP contribution in [0, 0.1) is 0 Å². The average Bonchev–Trinajstić information content (AvgIpc) is 3.07. The molecular weight excluding hydrogens is 486 g/mol. The van der Waals surface area contributed by atoms with E-state index in [1.165, 1.54) is 11.1 Å². The summed E-state index contributed by atoms with van der Waals surface area (Å²) in [4.78, 5) is 37.0. The lowest BCUT2D eigenvalue weighted by molar-refractivity contribution is 0.0996. The number of hydrogen-bond donors (Lipinski definition) is 3. The lowest BCUT2D eigenvalue weighted by Gasteiger charge is -2.22. The van der Waals surface area contributed by atoms with E-state index in [-0.39, 0.29) is 18.0 Å². The van der Waals surface area contributed by atoms with Crippen LogP contribution >= 0.6 is 0 Å². The molecule has 4 amide bonds. The van der Waals surface area contributed by atoms with E-state index in [0.717, 1.165) is 11.1 Å². The first-order valence-electron chi connectivity index (χ1n) is 11.9. The van der Waals surface area contributed by atoms with E-state index < -0.39 is 5.91 Å². The molecule has 0 fully saturated rings. The van der Waals surface area contributed by atoms with E-state index in [1.54, 1.807) is 63.7 Å². The van der Waals surface area contributed by atoms with Gasteiger partial charge in [-0.3, -0.25) is 9.59 Å². The van der Waals surface area contributed by atoms with Crippen molar-refractivity contribution in [3.63, 3.8) is 0 Å². The van der Waals surface area contributed by atoms with Crippen molar-refractivity contribution in [3.8, 4) is 11.5 Å². The summed E-state index contributed by atoms with van der Waals surface area (Å²) in [5.74, 6) is 0.186. The van der Waals surface area contributed by atoms with Crippen molar-refractivity contribution in [1.82, 2.24) is 10.3 Å². The van der Waals surface area contributed by atoms with Gasteiger partial charge in [-0.1, -0.05) is 18.2 Å². The van der Waals surface area contributed by atoms with E-state index >= 15 is 0 Å². The Kier molecular flexibility index (Phi) is 7.61. The molecule has 196 valence electrons. The molecular formula is C28H29N5O5. The Bertz CT molecular complexity index is 1420. The van der Waals surface area contributed by atoms with E-state index in [1.807, 2.05) is 19.1 Å². The third kappa shape index (κ3) is 5.29. The minimum absolute atomic E-state index is 0.231. The number of anilines is 1. The zero-order valence-electron chi connectivity index (χ0n) is 21.6. The molecule has 0 aliphatic carbocycles. The van der Waals surface area contributed by atoms with Gasteiger partial charge in [-0.15, -0.1) is 0 Å². The Morgan fingerprint density at radius 2 is 1.66 bits per heavy atom. The molecule has 3 aromatic rings. The van der Waals surface area contributed by atoms with Gasteiger partial charge in [0.25, 0.3) is 5.91 Å². The van der Waals surface area contributed by atoms with Gasteiger partial charge in [0.05, 0.1) is 26.0 Å². The predicted molar refractivity (Wildman–Crippen MR) is 144 cm³/mol. The Labute approximate surface area is 220 Å². The number of carbonyl (C=O) groups is 3. The second-order valence-corrected chi connectivity index (χ2v) is 8.74. The summed E-state index contributed by atoms with van der Waals surface area (Å²) >= 11 is 0. The number of fused-ring (bicyclic) bond motifs is 1. The van der Waals surface area contributed by atoms with Crippen LogP contribution in [-0.4, -0.2) is 55.9 Å². The fourth-order valence-corrected chi connectivity index (χ4v) is 4.28. The highest BCUT2D eigenvalue weighted by molar-refractivity contribution is 6.15. The summed E-state index contributed by atoms with van der Waals surface area (Å²) in [5, 5.41) is 11.6. The molecule has 1 aliphatic rings. The zero-order valence-corrected chi connectivity index (χ0v) is 21.6. The molecule has 0 spiro atoms. The van der Waals surface area contributed by atoms with Gasteiger partial charge in [-0.25, -0.2) is 9.80 Å². The predicted octanol–water partition coefficient (Wildman–Crippen LogP) is 3.39. The van der Waals surface area contributed by atoms with Crippen LogP contribution in [0.5, 0.6) is 11.5 Å². The first-order chi connectivity index (χ1) is 18.2. The van der Waals surface area contributed by atoms with Crippen LogP contribution in [0.1, 0.15) is 44.3 Å². The highest BCUT2D eigenvalue weighted by Crippen LogP contribution is 2.34. The summed E-state index contributed by atoms with van der Waals surface area (Å²) in [6.07, 6.45) is 0.543. The van der Waals surface area contributed by atoms with Gasteiger partial charge in [0.15, 0.2) is 11.5 Å². The van der Waals surface area contributed by atoms with Gasteiger partial charge < -0.3 is 25.8 Å². The van der Waals surface area contributed by atoms with Gasteiger partial charge in [0, 0.05) is 35.0 Å². The lowest BCUT2D eigenvalue weighted by Crippen LogP contribution is -2.41. The van der Waals surface area contributed by atoms with Gasteiger partial charge >= 0.3 is 6.03 Å². The number of nitrogens with one attached hydrogen (secondary N) is 2. The molecule has 4 rings (SSSR count). The molecule has 0 unspecified atom stereocenters. The van der Waals surface area contributed by atoms with Gasteiger partial charge in [-0.05, 0) is 61.4 Å². The quantitative estimate of drug-likeness (QED) is 0.462. The summed E-state index contributed by atoms with van der Waals surface area (Å²) in [6, 6.07) is 16.5. The largest absolute Gasteiger partial charge is 0.493 e. The number of benzene rings is 3. The molecule has 1 heterocycles. The molecule has 1 aliphatic heterocycles. The van der Waals surface area contributed by atoms with Crippen molar-refractivity contribution < 1.29 is 23.9 Å². The van der Waals surface area contributed by atoms with E-state index in [2.05, 4.69) is 10.6 Å². The SMILES string of the molecule is CNC(=O)N1N=C(c2ccc(C(=O)Nc3cccc(C(N)=O)c3)cc2)c2cc(OC)c(OC)cc2C[C@H]1C. The van der Waals surface area contributed by atoms with Gasteiger partial charge in [0.1, 0.15) is 0 Å². The normalized spacial score (nSPS) is 14.5. The van der Waals surface area contributed by atoms with Crippen LogP contribution in [0.2, 0.25) is 0 Å². The van der Waals surface area contributed by atoms with Crippen LogP contribution < -0.4 is 25.8 Å². The maximum absolute atomic E-state index is 12.9. The molecule has 0 bridgehead atoms. The highest BCUT2D eigenvalue weighted by Gasteiger charge is 2.28. The number of carbonyl (C=O) groups excluding carboxylic acids is 3. The van der Waals surface area contributed by atoms with Crippen LogP contribution in [0.3, 0.4) is 0 Å². The number of hydrogen-bond acceptors (Lipinski definition) is 6. The minimum Gasteiger partial charge on any atom is -0.493 e. The summed E-state index contributed by atoms with van der Waals surface area (Å²) < 4.78 is 11.0. The molecule has 38 heavy (non-hydrogen) atoms. The Balaban J connectivity index is 1.71. The van der Waals surface area contributed by atoms with Gasteiger partial charge in [0.2, 0.25) is 5.91 Å². The smallest absolute Gasteiger partial charge is 0.337 e. The maximum atomic E-state index is 12.9. The monoisotopic (exact) mass is 515 g/mol. The highest BCUT2D eigenvalue weighted by atomic mass is 16.5. The summed E-state index contributed by atoms with van der Waals surface area (Å²) in [6.45, 7) is 1.92. The number of ether oxygens (including phenoxy) is 2. The molecule has 10 nitrogen and oxygen atoms in total. The standard InChI is InChI=1S/C28H29N5O5/c1-16-12-20-14-23(37-3)24(38-4)15-22(20)25(32-33(16)28(36)30-2)17-8-10-18(11-9-17)27(35)31-21-7-5-6-19(13-21)26(29)34/h5-11,13-16H,12H2,1-4H3,(H2,29,34)(H,30,36)(H,31,35)/t16-/m1/s1. The molecule has 0 saturated carbocycles. The maximum Gasteiger partial charge on any atom is 0.337 e. The number of nitrogens with two attached hydrogens (primary N) is 1. The first-order valence-corrected chi connectivity index (χ1v) is 11.9. The number of primary amides is 1. The first kappa shape index (κ1) is 26.2. The topological polar surface area (TPSA) is 135 Å². The molecule has 3 aromatic carbocycles. The second-order valence-electron chi connectivity index (χ2n) is 8.74. The van der Waals surface area contributed by atoms with E-state index in [0.29, 0.717) is 46.0 Å². The van der Waals surface area contributed by atoms with Crippen molar-refractivity contribution in [2.75, 3.05) is 26.6 Å². The van der Waals surface area contributed by atoms with Crippen molar-refractivity contribution in [2.45, 2.75) is 19.4 Å². The van der Waals surface area contributed by atoms with E-state index in [9.17, 15) is 14.4 Å². The Morgan fingerprint density at radius 1 is 0.974 bits per heavy atom. The Morgan fingerprint density at radius 3 is 2.29 bits per heavy atom. The van der Waals surface area contributed by atoms with Gasteiger partial charge in [-0.2, -0.15) is 5.10 Å². The van der Waals surface area contributed by atoms with Crippen molar-refractivity contribution in [1.29, 1.82) is 0 Å². The number of nitrogens with zero attached hydrogens (tertiary/aromatic N) is 2. The third-order valence-corrected chi connectivity index (χ3v) is 6.25. The zero-order chi connectivity index (χ0) is 27.4. The van der Waals surface area contributed by atoms with Crippen LogP contribution in [0.25, 0.3) is 0 Å². The second kappa shape index (κ2) is 11.0. The number of hydrazone groups is 1. The number of amides is 4. The Hall–Kier alpha value is -4.86. The summed E-state index contributed by atoms with van der Waals surface area (Å²) in [7, 11) is 4.69. The summed E-state index contributed by atoms with van der Waals surface area (Å²) in [5.41, 5.74) is 9.47. The number of urea groups is 1. The number of rotatable bonds is 6. The van der Waals surface area contributed by atoms with E-state index in [4.69, 9.17) is 20.3 Å². The van der Waals surface area contributed by atoms with Crippen molar-refractivity contribution in [2.24, 2.45) is 10.8 Å². The average molecular weight is 516 g/mol. The van der Waals surface area contributed by atoms with Crippen molar-refractivity contribution in [3.05, 3.63) is 88.5 Å². The molecule has 4 N–H and O–H groups in total. The van der Waals surface area contributed by atoms with Crippen LogP contribution in [0.4, 0.5) is 10.5 Å². The molecule has 0 aromatic heterocycles. The lowest BCUT2D eigenvalue weighted by atomic mass is 9.93. The fourth-order valence-electron chi connectivity index (χ4n) is 4.28. The molecule has 1 atom stereocenters. The van der Waals surface area contributed by atoms with Crippen LogP contribution in [-0.2, 0) is 6.42 Å². The number of methoxy groups -OCH3 is 2. The third-order valence-electron chi connectivity index (χ3n) is 6.25. The fraction of sp³-hybridized carbons (Fsp3) is 0.214. The molecule has 0 radical (unpaired) electrons. The molecule has 0 saturated heterocycles. The van der Waals surface area contributed by atoms with Crippen molar-refractivity contribution >= 4 is 29.2 Å². The van der Waals surface area contributed by atoms with Crippen LogP contribution in [0.15, 0.2) is 65.8 Å². The molecule has 10 heteroatoms.